The predicted octanol–water partition coefficient (Wildman–Crippen LogP) is -0.468. The molecular formula is C11H22N6O5S. The number of nitrogen functional groups attached to an aromatic ring is 2. The van der Waals surface area contributed by atoms with Crippen molar-refractivity contribution in [3.63, 3.8) is 0 Å². The monoisotopic (exact) mass is 350 g/mol. The van der Waals surface area contributed by atoms with Gasteiger partial charge in [-0.2, -0.15) is 8.42 Å². The SMILES string of the molecule is CCCCCC=CCNc1nc(N)[n+](OS(=O)(=O)O)c(N)n1.[OH-]. The quantitative estimate of drug-likeness (QED) is 0.196. The van der Waals surface area contributed by atoms with E-state index in [2.05, 4.69) is 26.5 Å². The Labute approximate surface area is 134 Å². The number of aromatic nitrogens is 3. The van der Waals surface area contributed by atoms with Gasteiger partial charge in [-0.25, -0.2) is 4.28 Å². The lowest BCUT2D eigenvalue weighted by Gasteiger charge is -2.05. The minimum Gasteiger partial charge on any atom is -0.870 e. The van der Waals surface area contributed by atoms with Crippen LogP contribution < -0.4 is 25.8 Å². The molecule has 0 atom stereocenters. The van der Waals surface area contributed by atoms with Crippen molar-refractivity contribution >= 4 is 28.2 Å². The van der Waals surface area contributed by atoms with E-state index in [1.165, 1.54) is 12.8 Å². The fourth-order valence-corrected chi connectivity index (χ4v) is 1.90. The van der Waals surface area contributed by atoms with Gasteiger partial charge in [0.05, 0.1) is 0 Å². The van der Waals surface area contributed by atoms with E-state index in [9.17, 15) is 8.42 Å². The molecule has 1 aromatic rings. The maximum Gasteiger partial charge on any atom is 0.472 e. The Morgan fingerprint density at radius 2 is 1.87 bits per heavy atom. The van der Waals surface area contributed by atoms with Crippen molar-refractivity contribution in [3.05, 3.63) is 12.2 Å². The first-order chi connectivity index (χ1) is 10.3. The number of nitrogens with two attached hydrogens (primary N) is 2. The average Bonchev–Trinajstić information content (AvgIpc) is 2.41. The average molecular weight is 350 g/mol. The van der Waals surface area contributed by atoms with Gasteiger partial charge in [0.1, 0.15) is 0 Å². The highest BCUT2D eigenvalue weighted by atomic mass is 32.3. The van der Waals surface area contributed by atoms with Gasteiger partial charge in [-0.15, -0.1) is 0 Å². The molecule has 0 radical (unpaired) electrons. The van der Waals surface area contributed by atoms with Crippen LogP contribution in [0.1, 0.15) is 32.6 Å². The largest absolute Gasteiger partial charge is 0.870 e. The molecular weight excluding hydrogens is 328 g/mol. The molecule has 0 aromatic carbocycles. The summed E-state index contributed by atoms with van der Waals surface area (Å²) < 4.78 is 34.4. The van der Waals surface area contributed by atoms with Crippen LogP contribution in [-0.2, 0) is 10.4 Å². The Balaban J connectivity index is 0.00000484. The first-order valence-electron chi connectivity index (χ1n) is 6.74. The molecule has 23 heavy (non-hydrogen) atoms. The Bertz CT molecular complexity index is 598. The van der Waals surface area contributed by atoms with E-state index in [-0.39, 0.29) is 23.3 Å². The van der Waals surface area contributed by atoms with Crippen LogP contribution >= 0.6 is 0 Å². The predicted molar refractivity (Wildman–Crippen MR) is 82.9 cm³/mol. The summed E-state index contributed by atoms with van der Waals surface area (Å²) in [5.74, 6) is -0.637. The molecule has 11 nitrogen and oxygen atoms in total. The molecule has 0 unspecified atom stereocenters. The summed E-state index contributed by atoms with van der Waals surface area (Å²) in [6, 6.07) is 0. The zero-order valence-corrected chi connectivity index (χ0v) is 13.5. The molecule has 1 aromatic heterocycles. The van der Waals surface area contributed by atoms with Gasteiger partial charge < -0.3 is 22.3 Å². The van der Waals surface area contributed by atoms with Crippen molar-refractivity contribution in [1.82, 2.24) is 9.97 Å². The van der Waals surface area contributed by atoms with Crippen molar-refractivity contribution < 1.29 is 27.5 Å². The van der Waals surface area contributed by atoms with E-state index >= 15 is 0 Å². The van der Waals surface area contributed by atoms with Crippen molar-refractivity contribution in [2.75, 3.05) is 23.3 Å². The Hall–Kier alpha value is -2.18. The lowest BCUT2D eigenvalue weighted by Crippen LogP contribution is -2.51. The molecule has 7 N–H and O–H groups in total. The molecule has 1 heterocycles. The second-order valence-corrected chi connectivity index (χ2v) is 5.41. The van der Waals surface area contributed by atoms with Crippen LogP contribution in [0.25, 0.3) is 0 Å². The summed E-state index contributed by atoms with van der Waals surface area (Å²) >= 11 is 0. The minimum absolute atomic E-state index is 0. The maximum atomic E-state index is 10.6. The molecule has 0 saturated heterocycles. The number of nitrogens with zero attached hydrogens (tertiary/aromatic N) is 3. The van der Waals surface area contributed by atoms with Crippen molar-refractivity contribution in [3.8, 4) is 0 Å². The molecule has 0 fully saturated rings. The number of unbranched alkanes of at least 4 members (excludes halogenated alkanes) is 3. The molecule has 0 spiro atoms. The van der Waals surface area contributed by atoms with Gasteiger partial charge in [-0.05, 0) is 17.6 Å². The summed E-state index contributed by atoms with van der Waals surface area (Å²) in [5, 5.41) is 2.86. The van der Waals surface area contributed by atoms with Crippen molar-refractivity contribution in [1.29, 1.82) is 0 Å². The van der Waals surface area contributed by atoms with Gasteiger partial charge in [0.15, 0.2) is 0 Å². The first kappa shape index (κ1) is 20.8. The molecule has 0 saturated carbocycles. The van der Waals surface area contributed by atoms with Crippen LogP contribution in [0, 0.1) is 0 Å². The molecule has 132 valence electrons. The number of hydrogen-bond donors (Lipinski definition) is 4. The van der Waals surface area contributed by atoms with E-state index < -0.39 is 10.4 Å². The Kier molecular flexibility index (Phi) is 8.83. The summed E-state index contributed by atoms with van der Waals surface area (Å²) in [6.45, 7) is 2.61. The molecule has 0 amide bonds. The molecule has 0 aliphatic rings. The van der Waals surface area contributed by atoms with Gasteiger partial charge in [0, 0.05) is 6.54 Å². The zero-order chi connectivity index (χ0) is 16.6. The van der Waals surface area contributed by atoms with Gasteiger partial charge in [0.25, 0.3) is 0 Å². The normalized spacial score (nSPS) is 11.2. The molecule has 0 aliphatic heterocycles. The Morgan fingerprint density at radius 1 is 1.26 bits per heavy atom. The summed E-state index contributed by atoms with van der Waals surface area (Å²) in [6.07, 6.45) is 8.47. The number of allylic oxidation sites excluding steroid dienone is 1. The molecule has 1 rings (SSSR count). The molecule has 0 bridgehead atoms. The van der Waals surface area contributed by atoms with Gasteiger partial charge >= 0.3 is 28.2 Å². The third-order valence-electron chi connectivity index (χ3n) is 2.54. The summed E-state index contributed by atoms with van der Waals surface area (Å²) in [5.41, 5.74) is 11.0. The zero-order valence-electron chi connectivity index (χ0n) is 12.7. The minimum atomic E-state index is -4.78. The second-order valence-electron chi connectivity index (χ2n) is 4.41. The number of nitrogens with one attached hydrogen (secondary N) is 1. The van der Waals surface area contributed by atoms with Crippen LogP contribution in [0.3, 0.4) is 0 Å². The van der Waals surface area contributed by atoms with E-state index in [1.54, 1.807) is 0 Å². The highest BCUT2D eigenvalue weighted by molar-refractivity contribution is 7.80. The van der Waals surface area contributed by atoms with Crippen molar-refractivity contribution in [2.45, 2.75) is 32.6 Å². The second kappa shape index (κ2) is 9.76. The van der Waals surface area contributed by atoms with E-state index in [1.807, 2.05) is 12.2 Å². The highest BCUT2D eigenvalue weighted by Crippen LogP contribution is 2.02. The lowest BCUT2D eigenvalue weighted by atomic mass is 10.2. The van der Waals surface area contributed by atoms with Gasteiger partial charge in [-0.1, -0.05) is 41.9 Å². The van der Waals surface area contributed by atoms with E-state index in [0.29, 0.717) is 11.3 Å². The fraction of sp³-hybridized carbons (Fsp3) is 0.545. The molecule has 12 heteroatoms. The van der Waals surface area contributed by atoms with E-state index in [0.717, 1.165) is 12.8 Å². The topological polar surface area (TPSA) is 187 Å². The van der Waals surface area contributed by atoms with Crippen LogP contribution in [0.5, 0.6) is 0 Å². The smallest absolute Gasteiger partial charge is 0.472 e. The third-order valence-corrected chi connectivity index (χ3v) is 2.88. The summed E-state index contributed by atoms with van der Waals surface area (Å²) in [7, 11) is -4.78. The molecule has 0 aliphatic carbocycles. The number of rotatable bonds is 9. The van der Waals surface area contributed by atoms with Crippen LogP contribution in [0.4, 0.5) is 17.8 Å². The van der Waals surface area contributed by atoms with Crippen LogP contribution in [0.2, 0.25) is 0 Å². The van der Waals surface area contributed by atoms with Crippen LogP contribution in [-0.4, -0.2) is 35.0 Å². The van der Waals surface area contributed by atoms with Crippen molar-refractivity contribution in [2.24, 2.45) is 0 Å². The maximum absolute atomic E-state index is 10.6. The Morgan fingerprint density at radius 3 is 2.39 bits per heavy atom. The van der Waals surface area contributed by atoms with Gasteiger partial charge in [-0.3, -0.25) is 4.55 Å². The summed E-state index contributed by atoms with van der Waals surface area (Å²) in [4.78, 5) is 7.54. The van der Waals surface area contributed by atoms with Gasteiger partial charge in [0.2, 0.25) is 0 Å². The number of hydrogen-bond acceptors (Lipinski definition) is 9. The third kappa shape index (κ3) is 8.13. The fourth-order valence-electron chi connectivity index (χ4n) is 1.56. The standard InChI is InChI=1S/C11H20N6O4S.H2O/c1-2-3-4-5-6-7-8-14-11-15-9(12)17(10(13)16-11)21-22(18,19)20;/h6-7H,2-5,8H2,1H3,(H5,12,13,14,15,16,18,19,20);1H2. The number of anilines is 3. The highest BCUT2D eigenvalue weighted by Gasteiger charge is 2.21. The van der Waals surface area contributed by atoms with E-state index in [4.69, 9.17) is 16.0 Å². The van der Waals surface area contributed by atoms with Crippen LogP contribution in [0.15, 0.2) is 12.2 Å². The first-order valence-corrected chi connectivity index (χ1v) is 8.11. The lowest BCUT2D eigenvalue weighted by molar-refractivity contribution is -0.836.